The van der Waals surface area contributed by atoms with E-state index in [1.807, 2.05) is 6.92 Å². The first-order chi connectivity index (χ1) is 15.1. The topological polar surface area (TPSA) is 182 Å². The molecule has 0 aliphatic carbocycles. The van der Waals surface area contributed by atoms with Crippen molar-refractivity contribution in [2.24, 2.45) is 0 Å². The third-order valence-corrected chi connectivity index (χ3v) is 6.75. The van der Waals surface area contributed by atoms with Crippen molar-refractivity contribution in [1.82, 2.24) is 9.55 Å². The van der Waals surface area contributed by atoms with Crippen LogP contribution in [0.3, 0.4) is 0 Å². The van der Waals surface area contributed by atoms with Gasteiger partial charge in [0.25, 0.3) is 0 Å². The van der Waals surface area contributed by atoms with Crippen LogP contribution in [0.5, 0.6) is 0 Å². The summed E-state index contributed by atoms with van der Waals surface area (Å²) in [4.78, 5) is 35.1. The molecule has 1 aliphatic rings. The molecule has 0 spiro atoms. The minimum absolute atomic E-state index is 0.0246. The van der Waals surface area contributed by atoms with Gasteiger partial charge >= 0.3 is 21.3 Å². The van der Waals surface area contributed by atoms with Crippen LogP contribution in [0, 0.1) is 0 Å². The quantitative estimate of drug-likeness (QED) is 0.251. The number of unbranched alkanes of at least 4 members (excludes halogenated alkanes) is 2. The number of hydrogen-bond acceptors (Lipinski definition) is 10. The van der Waals surface area contributed by atoms with Gasteiger partial charge in [0, 0.05) is 19.7 Å². The zero-order valence-corrected chi connectivity index (χ0v) is 19.9. The van der Waals surface area contributed by atoms with Crippen LogP contribution in [0.15, 0.2) is 17.1 Å². The summed E-state index contributed by atoms with van der Waals surface area (Å²) in [6.07, 6.45) is 1.96. The smallest absolute Gasteiger partial charge is 0.383 e. The average molecular weight is 499 g/mol. The Kier molecular flexibility index (Phi) is 10.5. The second-order valence-corrected chi connectivity index (χ2v) is 10.2. The molecule has 1 fully saturated rings. The van der Waals surface area contributed by atoms with Crippen molar-refractivity contribution in [2.75, 3.05) is 26.1 Å². The Labute approximate surface area is 186 Å². The summed E-state index contributed by atoms with van der Waals surface area (Å²) < 4.78 is 50.3. The van der Waals surface area contributed by atoms with Crippen molar-refractivity contribution >= 4 is 21.5 Å². The Morgan fingerprint density at radius 1 is 1.22 bits per heavy atom. The predicted octanol–water partition coefficient (Wildman–Crippen LogP) is 2.35. The second kappa shape index (κ2) is 12.4. The van der Waals surface area contributed by atoms with E-state index >= 15 is 0 Å². The molecular formula is C17H31N3O10P2. The first-order valence-electron chi connectivity index (χ1n) is 10.3. The van der Waals surface area contributed by atoms with Gasteiger partial charge in [-0.1, -0.05) is 13.3 Å². The Morgan fingerprint density at radius 2 is 1.91 bits per heavy atom. The Bertz CT molecular complexity index is 882. The van der Waals surface area contributed by atoms with Crippen molar-refractivity contribution < 1.29 is 41.7 Å². The Balaban J connectivity index is 2.02. The van der Waals surface area contributed by atoms with Gasteiger partial charge in [-0.25, -0.2) is 13.9 Å². The van der Waals surface area contributed by atoms with Crippen molar-refractivity contribution in [3.8, 4) is 0 Å². The fourth-order valence-corrected chi connectivity index (χ4v) is 4.54. The van der Waals surface area contributed by atoms with E-state index in [1.165, 1.54) is 16.8 Å². The molecule has 2 unspecified atom stereocenters. The summed E-state index contributed by atoms with van der Waals surface area (Å²) in [5, 5.41) is 0. The maximum atomic E-state index is 12.3. The van der Waals surface area contributed by atoms with Crippen LogP contribution in [0.1, 0.15) is 51.7 Å². The number of rotatable bonds is 14. The van der Waals surface area contributed by atoms with Gasteiger partial charge in [0.2, 0.25) is 0 Å². The monoisotopic (exact) mass is 499 g/mol. The molecule has 2 heterocycles. The normalized spacial score (nSPS) is 24.8. The number of nitrogen functional groups attached to an aromatic ring is 1. The lowest BCUT2D eigenvalue weighted by Crippen LogP contribution is -2.27. The van der Waals surface area contributed by atoms with Gasteiger partial charge in [0.1, 0.15) is 12.0 Å². The van der Waals surface area contributed by atoms with Crippen LogP contribution in [0.2, 0.25) is 0 Å². The molecule has 0 amide bonds. The van der Waals surface area contributed by atoms with Gasteiger partial charge in [0.05, 0.1) is 25.4 Å². The van der Waals surface area contributed by atoms with E-state index in [2.05, 4.69) is 9.51 Å². The molecule has 0 bridgehead atoms. The van der Waals surface area contributed by atoms with Crippen LogP contribution in [-0.4, -0.2) is 51.9 Å². The van der Waals surface area contributed by atoms with Gasteiger partial charge in [-0.3, -0.25) is 22.7 Å². The Hall–Kier alpha value is -1.14. The maximum Gasteiger partial charge on any atom is 0.472 e. The van der Waals surface area contributed by atoms with Crippen LogP contribution >= 0.6 is 15.6 Å². The van der Waals surface area contributed by atoms with Gasteiger partial charge < -0.3 is 20.3 Å². The highest BCUT2D eigenvalue weighted by Gasteiger charge is 2.41. The fourth-order valence-electron chi connectivity index (χ4n) is 3.09. The molecule has 1 aromatic heterocycles. The van der Waals surface area contributed by atoms with Crippen molar-refractivity contribution in [3.05, 3.63) is 22.7 Å². The lowest BCUT2D eigenvalue weighted by molar-refractivity contribution is -0.0266. The number of nitrogens with two attached hydrogens (primary N) is 1. The van der Waals surface area contributed by atoms with Crippen molar-refractivity contribution in [2.45, 2.75) is 63.9 Å². The lowest BCUT2D eigenvalue weighted by atomic mass is 10.1. The molecule has 32 heavy (non-hydrogen) atoms. The zero-order valence-electron chi connectivity index (χ0n) is 18.1. The van der Waals surface area contributed by atoms with Crippen LogP contribution in [0.4, 0.5) is 5.82 Å². The second-order valence-electron chi connectivity index (χ2n) is 7.19. The summed E-state index contributed by atoms with van der Waals surface area (Å²) >= 11 is 0. The van der Waals surface area contributed by atoms with Crippen LogP contribution < -0.4 is 11.4 Å². The molecule has 2 rings (SSSR count). The molecule has 1 aromatic rings. The van der Waals surface area contributed by atoms with Gasteiger partial charge in [0.15, 0.2) is 0 Å². The molecule has 1 saturated heterocycles. The average Bonchev–Trinajstić information content (AvgIpc) is 3.09. The predicted molar refractivity (Wildman–Crippen MR) is 114 cm³/mol. The highest BCUT2D eigenvalue weighted by Crippen LogP contribution is 2.49. The molecule has 15 heteroatoms. The summed E-state index contributed by atoms with van der Waals surface area (Å²) in [5.41, 5.74) is 4.90. The third-order valence-electron chi connectivity index (χ3n) is 4.73. The SMILES string of the molecule is CCCCOP(=O)(O)O[C@@H]1C[C@H](n2ccc(N)nc2=O)O[C@H]1CCCCOP(=O)(O)OC. The van der Waals surface area contributed by atoms with Crippen molar-refractivity contribution in [1.29, 1.82) is 0 Å². The molecule has 13 nitrogen and oxygen atoms in total. The molecule has 184 valence electrons. The first kappa shape index (κ1) is 27.1. The standard InChI is InChI=1S/C17H31N3O10P2/c1-3-4-10-28-32(24,25)30-14-12-16(20-9-8-15(18)19-17(20)21)29-13(14)7-5-6-11-27-31(22,23)26-2/h8-9,13-14,16H,3-7,10-12H2,1-2H3,(H,22,23)(H,24,25)(H2,18,19,21)/t13-,14+,16+/m0/s1. The number of aromatic nitrogens is 2. The van der Waals surface area contributed by atoms with E-state index in [0.29, 0.717) is 25.7 Å². The number of nitrogens with zero attached hydrogens (tertiary/aromatic N) is 2. The highest BCUT2D eigenvalue weighted by atomic mass is 31.2. The minimum atomic E-state index is -4.33. The number of anilines is 1. The third kappa shape index (κ3) is 8.66. The number of ether oxygens (including phenoxy) is 1. The van der Waals surface area contributed by atoms with Gasteiger partial charge in [-0.2, -0.15) is 4.98 Å². The first-order valence-corrected chi connectivity index (χ1v) is 13.2. The van der Waals surface area contributed by atoms with Crippen LogP contribution in [-0.2, 0) is 32.0 Å². The summed E-state index contributed by atoms with van der Waals surface area (Å²) in [6.45, 7) is 1.97. The van der Waals surface area contributed by atoms with Gasteiger partial charge in [-0.05, 0) is 31.7 Å². The minimum Gasteiger partial charge on any atom is -0.383 e. The molecule has 0 radical (unpaired) electrons. The maximum absolute atomic E-state index is 12.3. The fraction of sp³-hybridized carbons (Fsp3) is 0.765. The van der Waals surface area contributed by atoms with E-state index in [4.69, 9.17) is 24.0 Å². The van der Waals surface area contributed by atoms with Crippen molar-refractivity contribution in [3.63, 3.8) is 0 Å². The van der Waals surface area contributed by atoms with E-state index in [-0.39, 0.29) is 25.5 Å². The van der Waals surface area contributed by atoms with Crippen LogP contribution in [0.25, 0.3) is 0 Å². The molecule has 5 atom stereocenters. The Morgan fingerprint density at radius 3 is 2.56 bits per heavy atom. The van der Waals surface area contributed by atoms with E-state index in [9.17, 15) is 23.7 Å². The zero-order chi connectivity index (χ0) is 23.8. The number of phosphoric ester groups is 2. The lowest BCUT2D eigenvalue weighted by Gasteiger charge is -2.21. The number of phosphoric acid groups is 2. The molecule has 0 aromatic carbocycles. The molecule has 4 N–H and O–H groups in total. The van der Waals surface area contributed by atoms with Gasteiger partial charge in [-0.15, -0.1) is 0 Å². The molecular weight excluding hydrogens is 468 g/mol. The van der Waals surface area contributed by atoms with E-state index < -0.39 is 39.8 Å². The molecule has 0 saturated carbocycles. The number of hydrogen-bond donors (Lipinski definition) is 3. The molecule has 1 aliphatic heterocycles. The summed E-state index contributed by atoms with van der Waals surface area (Å²) in [7, 11) is -7.31. The van der Waals surface area contributed by atoms with E-state index in [1.54, 1.807) is 0 Å². The van der Waals surface area contributed by atoms with E-state index in [0.717, 1.165) is 13.5 Å². The largest absolute Gasteiger partial charge is 0.472 e. The summed E-state index contributed by atoms with van der Waals surface area (Å²) in [6, 6.07) is 1.44. The summed E-state index contributed by atoms with van der Waals surface area (Å²) in [5.74, 6) is 0.0648. The highest BCUT2D eigenvalue weighted by molar-refractivity contribution is 7.47.